The Hall–Kier alpha value is -2.69. The Kier molecular flexibility index (Phi) is 7.32. The summed E-state index contributed by atoms with van der Waals surface area (Å²) in [6.07, 6.45) is -2.88. The van der Waals surface area contributed by atoms with E-state index in [1.807, 2.05) is 0 Å². The molecule has 0 aliphatic carbocycles. The van der Waals surface area contributed by atoms with Crippen LogP contribution in [0.25, 0.3) is 0 Å². The number of anilines is 1. The standard InChI is InChI=1S/C20H17F3N2O2.ClH/c21-20(22,23)27-17-11-7-15(8-12-17)4-3-14-5-9-16(10-6-14)25-19(26)18-2-1-13-24-18;/h5-12,18,24H,1-2,13H2,(H,25,26);1H/t18-;/m1./s1. The van der Waals surface area contributed by atoms with Crippen molar-refractivity contribution in [3.63, 3.8) is 0 Å². The number of halogens is 4. The van der Waals surface area contributed by atoms with Gasteiger partial charge in [-0.1, -0.05) is 11.8 Å². The fourth-order valence-electron chi connectivity index (χ4n) is 2.66. The van der Waals surface area contributed by atoms with Crippen LogP contribution in [0.5, 0.6) is 5.75 Å². The Labute approximate surface area is 166 Å². The van der Waals surface area contributed by atoms with Gasteiger partial charge in [-0.05, 0) is 67.9 Å². The zero-order valence-corrected chi connectivity index (χ0v) is 15.5. The Morgan fingerprint density at radius 1 is 1.04 bits per heavy atom. The summed E-state index contributed by atoms with van der Waals surface area (Å²) in [7, 11) is 0. The SMILES string of the molecule is Cl.O=C(Nc1ccc(C#Cc2ccc(OC(F)(F)F)cc2)cc1)[C@H]1CCCN1. The molecule has 1 aliphatic rings. The molecule has 2 aromatic rings. The summed E-state index contributed by atoms with van der Waals surface area (Å²) >= 11 is 0. The second kappa shape index (κ2) is 9.49. The number of benzene rings is 2. The molecule has 28 heavy (non-hydrogen) atoms. The predicted molar refractivity (Wildman–Crippen MR) is 102 cm³/mol. The normalized spacial score (nSPS) is 15.8. The molecule has 3 rings (SSSR count). The topological polar surface area (TPSA) is 50.4 Å². The Balaban J connectivity index is 0.00000280. The van der Waals surface area contributed by atoms with Gasteiger partial charge in [0, 0.05) is 16.8 Å². The molecule has 1 aliphatic heterocycles. The second-order valence-electron chi connectivity index (χ2n) is 6.04. The first-order valence-corrected chi connectivity index (χ1v) is 8.41. The molecular formula is C20H18ClF3N2O2. The first-order chi connectivity index (χ1) is 12.9. The van der Waals surface area contributed by atoms with Crippen molar-refractivity contribution in [2.24, 2.45) is 0 Å². The van der Waals surface area contributed by atoms with Crippen LogP contribution < -0.4 is 15.4 Å². The van der Waals surface area contributed by atoms with Crippen LogP contribution in [0, 0.1) is 11.8 Å². The summed E-state index contributed by atoms with van der Waals surface area (Å²) in [6.45, 7) is 0.857. The second-order valence-corrected chi connectivity index (χ2v) is 6.04. The molecule has 1 atom stereocenters. The highest BCUT2D eigenvalue weighted by molar-refractivity contribution is 5.95. The van der Waals surface area contributed by atoms with E-state index in [1.54, 1.807) is 24.3 Å². The van der Waals surface area contributed by atoms with Crippen LogP contribution in [-0.2, 0) is 4.79 Å². The molecule has 1 fully saturated rings. The number of rotatable bonds is 3. The number of amides is 1. The minimum Gasteiger partial charge on any atom is -0.406 e. The van der Waals surface area contributed by atoms with Crippen LogP contribution in [0.4, 0.5) is 18.9 Å². The lowest BCUT2D eigenvalue weighted by Crippen LogP contribution is -2.35. The van der Waals surface area contributed by atoms with Crippen molar-refractivity contribution in [1.82, 2.24) is 5.32 Å². The number of carbonyl (C=O) groups is 1. The molecule has 0 radical (unpaired) electrons. The summed E-state index contributed by atoms with van der Waals surface area (Å²) < 4.78 is 40.2. The highest BCUT2D eigenvalue weighted by Crippen LogP contribution is 2.22. The molecule has 0 saturated carbocycles. The van der Waals surface area contributed by atoms with E-state index in [-0.39, 0.29) is 30.1 Å². The lowest BCUT2D eigenvalue weighted by Gasteiger charge is -2.10. The number of carbonyl (C=O) groups excluding carboxylic acids is 1. The maximum absolute atomic E-state index is 12.1. The van der Waals surface area contributed by atoms with Crippen molar-refractivity contribution in [1.29, 1.82) is 0 Å². The van der Waals surface area contributed by atoms with Crippen LogP contribution >= 0.6 is 12.4 Å². The fraction of sp³-hybridized carbons (Fsp3) is 0.250. The smallest absolute Gasteiger partial charge is 0.406 e. The van der Waals surface area contributed by atoms with Crippen LogP contribution in [0.3, 0.4) is 0 Å². The number of hydrogen-bond donors (Lipinski definition) is 2. The summed E-state index contributed by atoms with van der Waals surface area (Å²) in [5.74, 6) is 5.46. The predicted octanol–water partition coefficient (Wildman–Crippen LogP) is 4.10. The van der Waals surface area contributed by atoms with Crippen LogP contribution in [-0.4, -0.2) is 24.9 Å². The van der Waals surface area contributed by atoms with E-state index in [9.17, 15) is 18.0 Å². The van der Waals surface area contributed by atoms with Crippen molar-refractivity contribution < 1.29 is 22.7 Å². The highest BCUT2D eigenvalue weighted by Gasteiger charge is 2.30. The first-order valence-electron chi connectivity index (χ1n) is 8.41. The Bertz CT molecular complexity index is 850. The van der Waals surface area contributed by atoms with E-state index >= 15 is 0 Å². The van der Waals surface area contributed by atoms with E-state index < -0.39 is 6.36 Å². The highest BCUT2D eigenvalue weighted by atomic mass is 35.5. The number of hydrogen-bond acceptors (Lipinski definition) is 3. The molecule has 0 aromatic heterocycles. The quantitative estimate of drug-likeness (QED) is 0.749. The van der Waals surface area contributed by atoms with Crippen molar-refractivity contribution in [2.75, 3.05) is 11.9 Å². The first kappa shape index (κ1) is 21.6. The molecule has 4 nitrogen and oxygen atoms in total. The molecule has 8 heteroatoms. The number of alkyl halides is 3. The van der Waals surface area contributed by atoms with E-state index in [2.05, 4.69) is 27.2 Å². The van der Waals surface area contributed by atoms with Gasteiger partial charge in [-0.3, -0.25) is 4.79 Å². The molecule has 2 aromatic carbocycles. The lowest BCUT2D eigenvalue weighted by molar-refractivity contribution is -0.274. The van der Waals surface area contributed by atoms with E-state index in [0.717, 1.165) is 24.9 Å². The minimum atomic E-state index is -4.71. The number of nitrogens with one attached hydrogen (secondary N) is 2. The average Bonchev–Trinajstić information content (AvgIpc) is 3.16. The third-order valence-electron chi connectivity index (χ3n) is 3.97. The number of ether oxygens (including phenoxy) is 1. The van der Waals surface area contributed by atoms with Gasteiger partial charge >= 0.3 is 6.36 Å². The van der Waals surface area contributed by atoms with Crippen molar-refractivity contribution in [2.45, 2.75) is 25.2 Å². The molecule has 1 amide bonds. The third kappa shape index (κ3) is 6.48. The average molecular weight is 411 g/mol. The van der Waals surface area contributed by atoms with Crippen LogP contribution in [0.2, 0.25) is 0 Å². The molecule has 2 N–H and O–H groups in total. The molecule has 1 heterocycles. The third-order valence-corrected chi connectivity index (χ3v) is 3.97. The van der Waals surface area contributed by atoms with Gasteiger partial charge in [0.15, 0.2) is 0 Å². The van der Waals surface area contributed by atoms with Gasteiger partial charge < -0.3 is 15.4 Å². The summed E-state index contributed by atoms with van der Waals surface area (Å²) in [4.78, 5) is 12.0. The zero-order chi connectivity index (χ0) is 19.3. The molecule has 148 valence electrons. The molecule has 1 saturated heterocycles. The van der Waals surface area contributed by atoms with Crippen molar-refractivity contribution in [3.05, 3.63) is 59.7 Å². The van der Waals surface area contributed by atoms with Crippen molar-refractivity contribution in [3.8, 4) is 17.6 Å². The van der Waals surface area contributed by atoms with Gasteiger partial charge in [0.2, 0.25) is 5.91 Å². The summed E-state index contributed by atoms with van der Waals surface area (Å²) in [5, 5.41) is 5.99. The van der Waals surface area contributed by atoms with Crippen LogP contribution in [0.1, 0.15) is 24.0 Å². The van der Waals surface area contributed by atoms with E-state index in [1.165, 1.54) is 24.3 Å². The molecular weight excluding hydrogens is 393 g/mol. The Morgan fingerprint density at radius 2 is 1.61 bits per heavy atom. The zero-order valence-electron chi connectivity index (χ0n) is 14.7. The monoisotopic (exact) mass is 410 g/mol. The van der Waals surface area contributed by atoms with E-state index in [0.29, 0.717) is 11.3 Å². The van der Waals surface area contributed by atoms with Gasteiger partial charge in [-0.15, -0.1) is 25.6 Å². The van der Waals surface area contributed by atoms with Gasteiger partial charge in [-0.25, -0.2) is 0 Å². The Morgan fingerprint density at radius 3 is 2.11 bits per heavy atom. The minimum absolute atomic E-state index is 0. The summed E-state index contributed by atoms with van der Waals surface area (Å²) in [5.41, 5.74) is 1.98. The van der Waals surface area contributed by atoms with Gasteiger partial charge in [-0.2, -0.15) is 0 Å². The van der Waals surface area contributed by atoms with Gasteiger partial charge in [0.1, 0.15) is 5.75 Å². The maximum Gasteiger partial charge on any atom is 0.573 e. The largest absolute Gasteiger partial charge is 0.573 e. The fourth-order valence-corrected chi connectivity index (χ4v) is 2.66. The van der Waals surface area contributed by atoms with Gasteiger partial charge in [0.05, 0.1) is 6.04 Å². The molecule has 0 unspecified atom stereocenters. The lowest BCUT2D eigenvalue weighted by atomic mass is 10.1. The molecule has 0 spiro atoms. The van der Waals surface area contributed by atoms with E-state index in [4.69, 9.17) is 0 Å². The summed E-state index contributed by atoms with van der Waals surface area (Å²) in [6, 6.07) is 12.3. The molecule has 0 bridgehead atoms. The van der Waals surface area contributed by atoms with Crippen molar-refractivity contribution >= 4 is 24.0 Å². The van der Waals surface area contributed by atoms with Crippen LogP contribution in [0.15, 0.2) is 48.5 Å². The van der Waals surface area contributed by atoms with Gasteiger partial charge in [0.25, 0.3) is 0 Å². The maximum atomic E-state index is 12.1.